The van der Waals surface area contributed by atoms with Crippen LogP contribution >= 0.6 is 0 Å². The number of nitro groups is 1. The maximum atomic E-state index is 12.7. The topological polar surface area (TPSA) is 153 Å². The van der Waals surface area contributed by atoms with Gasteiger partial charge >= 0.3 is 0 Å². The molecule has 0 saturated carbocycles. The van der Waals surface area contributed by atoms with Crippen molar-refractivity contribution < 1.29 is 18.1 Å². The molecule has 1 aromatic heterocycles. The van der Waals surface area contributed by atoms with Crippen LogP contribution in [0.5, 0.6) is 0 Å². The van der Waals surface area contributed by atoms with Crippen LogP contribution in [-0.2, 0) is 10.0 Å². The second-order valence-corrected chi connectivity index (χ2v) is 8.23. The summed E-state index contributed by atoms with van der Waals surface area (Å²) in [7, 11) is -2.49. The number of sulfonamides is 1. The molecule has 0 atom stereocenters. The average molecular weight is 443 g/mol. The van der Waals surface area contributed by atoms with Gasteiger partial charge in [0.25, 0.3) is 11.6 Å². The van der Waals surface area contributed by atoms with Gasteiger partial charge in [-0.3, -0.25) is 19.7 Å². The van der Waals surface area contributed by atoms with E-state index in [2.05, 4.69) is 15.1 Å². The van der Waals surface area contributed by atoms with E-state index in [0.29, 0.717) is 0 Å². The van der Waals surface area contributed by atoms with Crippen molar-refractivity contribution in [1.29, 1.82) is 0 Å². The Kier molecular flexibility index (Phi) is 5.95. The zero-order valence-corrected chi connectivity index (χ0v) is 17.2. The van der Waals surface area contributed by atoms with Crippen molar-refractivity contribution in [2.75, 3.05) is 12.4 Å². The summed E-state index contributed by atoms with van der Waals surface area (Å²) in [5, 5.41) is 17.8. The smallest absolute Gasteiger partial charge is 0.294 e. The number of aromatic nitrogens is 2. The lowest BCUT2D eigenvalue weighted by Crippen LogP contribution is -2.27. The summed E-state index contributed by atoms with van der Waals surface area (Å²) in [6.07, 6.45) is 0. The molecule has 1 amide bonds. The van der Waals surface area contributed by atoms with Crippen molar-refractivity contribution in [3.63, 3.8) is 0 Å². The van der Waals surface area contributed by atoms with Crippen LogP contribution in [0.1, 0.15) is 16.2 Å². The van der Waals surface area contributed by atoms with Crippen molar-refractivity contribution in [3.8, 4) is 5.69 Å². The van der Waals surface area contributed by atoms with Gasteiger partial charge in [0.15, 0.2) is 5.69 Å². The van der Waals surface area contributed by atoms with Crippen molar-refractivity contribution in [2.24, 2.45) is 0 Å². The molecule has 3 rings (SSSR count). The number of aryl methyl sites for hydroxylation is 1. The summed E-state index contributed by atoms with van der Waals surface area (Å²) in [6.45, 7) is 1.53. The number of amides is 1. The third kappa shape index (κ3) is 4.49. The number of rotatable bonds is 6. The van der Waals surface area contributed by atoms with E-state index in [1.807, 2.05) is 0 Å². The number of nitro benzene ring substituents is 1. The molecule has 0 spiro atoms. The van der Waals surface area contributed by atoms with Crippen LogP contribution in [0.15, 0.2) is 64.3 Å². The van der Waals surface area contributed by atoms with Gasteiger partial charge in [-0.1, -0.05) is 18.2 Å². The van der Waals surface area contributed by atoms with Crippen LogP contribution in [0, 0.1) is 17.0 Å². The monoisotopic (exact) mass is 443 g/mol. The lowest BCUT2D eigenvalue weighted by Gasteiger charge is -2.12. The van der Waals surface area contributed by atoms with E-state index in [1.54, 1.807) is 6.07 Å². The molecule has 2 aromatic carbocycles. The molecule has 0 unspecified atom stereocenters. The van der Waals surface area contributed by atoms with E-state index in [0.717, 1.165) is 10.7 Å². The molecule has 12 heteroatoms. The highest BCUT2D eigenvalue weighted by molar-refractivity contribution is 7.89. The van der Waals surface area contributed by atoms with Crippen LogP contribution < -0.4 is 15.5 Å². The van der Waals surface area contributed by atoms with Crippen LogP contribution in [0.3, 0.4) is 0 Å². The molecule has 0 saturated heterocycles. The van der Waals surface area contributed by atoms with Crippen molar-refractivity contribution >= 4 is 27.3 Å². The van der Waals surface area contributed by atoms with Crippen LogP contribution in [0.2, 0.25) is 0 Å². The van der Waals surface area contributed by atoms with Gasteiger partial charge < -0.3 is 5.32 Å². The SMILES string of the molecule is CNS(=O)(=O)c1cccc(NC(=O)c2nn(-c3ccccc3[N+](=O)[O-])c(C)cc2=O)c1. The quantitative estimate of drug-likeness (QED) is 0.433. The number of para-hydroxylation sites is 2. The first-order valence-electron chi connectivity index (χ1n) is 8.84. The van der Waals surface area contributed by atoms with E-state index in [9.17, 15) is 28.1 Å². The van der Waals surface area contributed by atoms with Gasteiger partial charge in [0, 0.05) is 23.5 Å². The number of carbonyl (C=O) groups excluding carboxylic acids is 1. The summed E-state index contributed by atoms with van der Waals surface area (Å²) in [4.78, 5) is 35.7. The van der Waals surface area contributed by atoms with E-state index >= 15 is 0 Å². The summed E-state index contributed by atoms with van der Waals surface area (Å²) in [6, 6.07) is 12.3. The van der Waals surface area contributed by atoms with Crippen molar-refractivity contribution in [2.45, 2.75) is 11.8 Å². The standard InChI is InChI=1S/C19H17N5O6S/c1-12-10-17(25)18(22-23(12)15-8-3-4-9-16(15)24(27)28)19(26)21-13-6-5-7-14(11-13)31(29,30)20-2/h3-11,20H,1-2H3,(H,21,26). The molecule has 0 aliphatic heterocycles. The Morgan fingerprint density at radius 1 is 1.13 bits per heavy atom. The fourth-order valence-electron chi connectivity index (χ4n) is 2.80. The number of nitrogens with zero attached hydrogens (tertiary/aromatic N) is 3. The largest absolute Gasteiger partial charge is 0.320 e. The Labute approximate surface area is 176 Å². The molecular weight excluding hydrogens is 426 g/mol. The van der Waals surface area contributed by atoms with E-state index < -0.39 is 32.0 Å². The van der Waals surface area contributed by atoms with E-state index in [1.165, 1.54) is 56.4 Å². The van der Waals surface area contributed by atoms with E-state index in [-0.39, 0.29) is 27.7 Å². The van der Waals surface area contributed by atoms with Gasteiger partial charge in [-0.15, -0.1) is 0 Å². The molecule has 31 heavy (non-hydrogen) atoms. The van der Waals surface area contributed by atoms with Gasteiger partial charge in [-0.2, -0.15) is 5.10 Å². The molecule has 160 valence electrons. The summed E-state index contributed by atoms with van der Waals surface area (Å²) >= 11 is 0. The van der Waals surface area contributed by atoms with Crippen LogP contribution in [0.25, 0.3) is 5.69 Å². The first-order valence-corrected chi connectivity index (χ1v) is 10.3. The Hall–Kier alpha value is -3.90. The zero-order valence-electron chi connectivity index (χ0n) is 16.4. The average Bonchev–Trinajstić information content (AvgIpc) is 2.74. The Morgan fingerprint density at radius 3 is 2.52 bits per heavy atom. The predicted molar refractivity (Wildman–Crippen MR) is 112 cm³/mol. The molecular formula is C19H17N5O6S. The Balaban J connectivity index is 2.03. The van der Waals surface area contributed by atoms with Gasteiger partial charge in [0.2, 0.25) is 15.5 Å². The molecule has 11 nitrogen and oxygen atoms in total. The van der Waals surface area contributed by atoms with Crippen LogP contribution in [0.4, 0.5) is 11.4 Å². The molecule has 0 fully saturated rings. The van der Waals surface area contributed by atoms with Gasteiger partial charge in [-0.05, 0) is 38.2 Å². The number of hydrogen-bond acceptors (Lipinski definition) is 7. The molecule has 2 N–H and O–H groups in total. The molecule has 3 aromatic rings. The normalized spacial score (nSPS) is 11.2. The van der Waals surface area contributed by atoms with Gasteiger partial charge in [0.05, 0.1) is 9.82 Å². The van der Waals surface area contributed by atoms with Crippen LogP contribution in [-0.4, -0.2) is 36.1 Å². The second kappa shape index (κ2) is 8.45. The Morgan fingerprint density at radius 2 is 1.84 bits per heavy atom. The Bertz CT molecular complexity index is 1350. The third-order valence-corrected chi connectivity index (χ3v) is 5.71. The third-order valence-electron chi connectivity index (χ3n) is 4.30. The summed E-state index contributed by atoms with van der Waals surface area (Å²) in [5.41, 5.74) is -0.952. The second-order valence-electron chi connectivity index (χ2n) is 6.35. The first-order chi connectivity index (χ1) is 14.6. The van der Waals surface area contributed by atoms with Crippen molar-refractivity contribution in [1.82, 2.24) is 14.5 Å². The maximum absolute atomic E-state index is 12.7. The highest BCUT2D eigenvalue weighted by Crippen LogP contribution is 2.22. The molecule has 0 aliphatic rings. The highest BCUT2D eigenvalue weighted by atomic mass is 32.2. The lowest BCUT2D eigenvalue weighted by atomic mass is 10.2. The minimum absolute atomic E-state index is 0.0815. The minimum Gasteiger partial charge on any atom is -0.320 e. The zero-order chi connectivity index (χ0) is 22.8. The summed E-state index contributed by atoms with van der Waals surface area (Å²) in [5.74, 6) is -0.892. The minimum atomic E-state index is -3.74. The molecule has 0 aliphatic carbocycles. The van der Waals surface area contributed by atoms with Gasteiger partial charge in [0.1, 0.15) is 5.69 Å². The predicted octanol–water partition coefficient (Wildman–Crippen LogP) is 1.61. The van der Waals surface area contributed by atoms with E-state index in [4.69, 9.17) is 0 Å². The molecule has 0 bridgehead atoms. The number of benzene rings is 2. The lowest BCUT2D eigenvalue weighted by molar-refractivity contribution is -0.384. The van der Waals surface area contributed by atoms with Crippen molar-refractivity contribution in [3.05, 3.63) is 86.3 Å². The fourth-order valence-corrected chi connectivity index (χ4v) is 3.57. The number of hydrogen-bond donors (Lipinski definition) is 2. The number of nitrogens with one attached hydrogen (secondary N) is 2. The fraction of sp³-hybridized carbons (Fsp3) is 0.105. The number of anilines is 1. The summed E-state index contributed by atoms with van der Waals surface area (Å²) < 4.78 is 27.2. The maximum Gasteiger partial charge on any atom is 0.294 e. The first kappa shape index (κ1) is 21.8. The number of carbonyl (C=O) groups is 1. The molecule has 1 heterocycles. The highest BCUT2D eigenvalue weighted by Gasteiger charge is 2.21. The van der Waals surface area contributed by atoms with Gasteiger partial charge in [-0.25, -0.2) is 17.8 Å². The molecule has 0 radical (unpaired) electrons.